The number of aromatic nitrogens is 2. The van der Waals surface area contributed by atoms with Crippen LogP contribution in [-0.2, 0) is 7.05 Å². The molecule has 0 aliphatic carbocycles. The van der Waals surface area contributed by atoms with Crippen LogP contribution < -0.4 is 33.4 Å². The zero-order valence-electron chi connectivity index (χ0n) is 14.1. The Kier molecular flexibility index (Phi) is 5.03. The highest BCUT2D eigenvalue weighted by Gasteiger charge is 2.14. The molecule has 25 heavy (non-hydrogen) atoms. The zero-order chi connectivity index (χ0) is 16.5. The van der Waals surface area contributed by atoms with Crippen LogP contribution in [0.3, 0.4) is 0 Å². The highest BCUT2D eigenvalue weighted by Crippen LogP contribution is 2.31. The third-order valence-electron chi connectivity index (χ3n) is 4.13. The highest BCUT2D eigenvalue weighted by atomic mass is 127. The lowest BCUT2D eigenvalue weighted by Crippen LogP contribution is -3.00. The molecule has 0 fully saturated rings. The Morgan fingerprint density at radius 2 is 2.00 bits per heavy atom. The maximum atomic E-state index is 5.75. The Labute approximate surface area is 163 Å². The van der Waals surface area contributed by atoms with Crippen molar-refractivity contribution in [3.63, 3.8) is 0 Å². The molecule has 0 bridgehead atoms. The number of anilines is 1. The van der Waals surface area contributed by atoms with E-state index < -0.39 is 0 Å². The van der Waals surface area contributed by atoms with Crippen molar-refractivity contribution in [3.8, 4) is 0 Å². The Hall–Kier alpha value is -2.41. The molecular formula is C20H18IN3O. The van der Waals surface area contributed by atoms with Crippen molar-refractivity contribution in [2.24, 2.45) is 7.05 Å². The lowest BCUT2D eigenvalue weighted by Gasteiger charge is -2.23. The lowest BCUT2D eigenvalue weighted by molar-refractivity contribution is -0.646. The molecule has 0 radical (unpaired) electrons. The first-order valence-corrected chi connectivity index (χ1v) is 7.86. The van der Waals surface area contributed by atoms with Crippen LogP contribution in [0, 0.1) is 0 Å². The van der Waals surface area contributed by atoms with Gasteiger partial charge in [0.25, 0.3) is 0 Å². The second-order valence-electron chi connectivity index (χ2n) is 5.78. The van der Waals surface area contributed by atoms with Crippen LogP contribution in [0.4, 0.5) is 5.69 Å². The molecule has 3 aromatic rings. The van der Waals surface area contributed by atoms with Gasteiger partial charge in [-0.3, -0.25) is 0 Å². The quantitative estimate of drug-likeness (QED) is 0.433. The van der Waals surface area contributed by atoms with E-state index in [1.807, 2.05) is 42.1 Å². The molecule has 0 saturated carbocycles. The summed E-state index contributed by atoms with van der Waals surface area (Å²) in [4.78, 5) is 6.63. The number of aryl methyl sites for hydroxylation is 1. The molecular weight excluding hydrogens is 425 g/mol. The van der Waals surface area contributed by atoms with Gasteiger partial charge in [0.15, 0.2) is 0 Å². The molecule has 5 heteroatoms. The van der Waals surface area contributed by atoms with Crippen LogP contribution in [0.1, 0.15) is 11.5 Å². The molecule has 0 atom stereocenters. The largest absolute Gasteiger partial charge is 1.00 e. The maximum Gasteiger partial charge on any atom is 0.370 e. The van der Waals surface area contributed by atoms with Gasteiger partial charge >= 0.3 is 11.5 Å². The number of pyridine rings is 1. The van der Waals surface area contributed by atoms with Gasteiger partial charge in [0, 0.05) is 35.6 Å². The van der Waals surface area contributed by atoms with Gasteiger partial charge in [0.05, 0.1) is 13.2 Å². The summed E-state index contributed by atoms with van der Waals surface area (Å²) < 4.78 is 7.70. The van der Waals surface area contributed by atoms with Crippen LogP contribution in [0.5, 0.6) is 0 Å². The second kappa shape index (κ2) is 7.23. The zero-order valence-corrected chi connectivity index (χ0v) is 16.2. The van der Waals surface area contributed by atoms with Gasteiger partial charge in [0.1, 0.15) is 0 Å². The van der Waals surface area contributed by atoms with Gasteiger partial charge in [-0.05, 0) is 29.8 Å². The minimum Gasteiger partial charge on any atom is -1.00 e. The van der Waals surface area contributed by atoms with Crippen molar-refractivity contribution < 1.29 is 33.0 Å². The average Bonchev–Trinajstić information content (AvgIpc) is 3.02. The van der Waals surface area contributed by atoms with E-state index >= 15 is 0 Å². The van der Waals surface area contributed by atoms with Crippen molar-refractivity contribution in [3.05, 3.63) is 78.5 Å². The molecule has 126 valence electrons. The van der Waals surface area contributed by atoms with Gasteiger partial charge in [-0.25, -0.2) is 4.57 Å². The number of halogens is 1. The minimum atomic E-state index is 0. The van der Waals surface area contributed by atoms with Gasteiger partial charge in [-0.1, -0.05) is 30.4 Å². The fraction of sp³-hybridized carbons (Fsp3) is 0.100. The van der Waals surface area contributed by atoms with Crippen LogP contribution in [0.2, 0.25) is 0 Å². The smallest absolute Gasteiger partial charge is 0.370 e. The number of hydrogen-bond donors (Lipinski definition) is 0. The number of allylic oxidation sites excluding steroid dienone is 4. The molecule has 0 saturated heterocycles. The molecule has 1 aliphatic rings. The van der Waals surface area contributed by atoms with Crippen LogP contribution in [0.25, 0.3) is 22.9 Å². The minimum absolute atomic E-state index is 0. The van der Waals surface area contributed by atoms with E-state index in [2.05, 4.69) is 59.5 Å². The normalized spacial score (nSPS) is 15.0. The maximum absolute atomic E-state index is 5.75. The molecule has 4 rings (SSSR count). The number of para-hydroxylation sites is 1. The van der Waals surface area contributed by atoms with E-state index in [0.717, 1.165) is 11.2 Å². The fourth-order valence-electron chi connectivity index (χ4n) is 2.87. The second-order valence-corrected chi connectivity index (χ2v) is 5.78. The summed E-state index contributed by atoms with van der Waals surface area (Å²) >= 11 is 0. The first-order chi connectivity index (χ1) is 11.7. The first-order valence-electron chi connectivity index (χ1n) is 7.86. The Morgan fingerprint density at radius 1 is 1.16 bits per heavy atom. The molecule has 2 aromatic heterocycles. The molecule has 1 aromatic carbocycles. The predicted octanol–water partition coefficient (Wildman–Crippen LogP) is 0.717. The van der Waals surface area contributed by atoms with Crippen molar-refractivity contribution in [1.82, 2.24) is 4.98 Å². The monoisotopic (exact) mass is 443 g/mol. The molecule has 0 N–H and O–H groups in total. The van der Waals surface area contributed by atoms with Gasteiger partial charge in [-0.15, -0.1) is 0 Å². The van der Waals surface area contributed by atoms with E-state index in [4.69, 9.17) is 4.42 Å². The van der Waals surface area contributed by atoms with Gasteiger partial charge in [-0.2, -0.15) is 0 Å². The number of benzene rings is 1. The topological polar surface area (TPSA) is 33.2 Å². The number of hydrogen-bond acceptors (Lipinski definition) is 3. The summed E-state index contributed by atoms with van der Waals surface area (Å²) in [6.45, 7) is 0. The summed E-state index contributed by atoms with van der Waals surface area (Å²) in [5.41, 5.74) is 5.22. The summed E-state index contributed by atoms with van der Waals surface area (Å²) in [5, 5.41) is 0. The van der Waals surface area contributed by atoms with Crippen LogP contribution in [0.15, 0.2) is 71.4 Å². The van der Waals surface area contributed by atoms with E-state index in [9.17, 15) is 0 Å². The van der Waals surface area contributed by atoms with Crippen molar-refractivity contribution in [2.75, 3.05) is 11.9 Å². The van der Waals surface area contributed by atoms with E-state index in [-0.39, 0.29) is 24.0 Å². The van der Waals surface area contributed by atoms with Crippen molar-refractivity contribution in [2.45, 2.75) is 0 Å². The molecule has 1 aliphatic heterocycles. The van der Waals surface area contributed by atoms with Crippen molar-refractivity contribution >= 4 is 28.6 Å². The lowest BCUT2D eigenvalue weighted by atomic mass is 10.00. The summed E-state index contributed by atoms with van der Waals surface area (Å²) in [6.07, 6.45) is 12.1. The molecule has 0 amide bonds. The summed E-state index contributed by atoms with van der Waals surface area (Å²) in [5.74, 6) is 0.605. The third kappa shape index (κ3) is 3.37. The SMILES string of the molecule is CN1C=C/C(=C\C=C\c2nc3c(ccc[n+]3C)o2)c2ccccc21.[I-]. The van der Waals surface area contributed by atoms with E-state index in [0.29, 0.717) is 5.89 Å². The van der Waals surface area contributed by atoms with Crippen LogP contribution >= 0.6 is 0 Å². The number of nitrogens with zero attached hydrogens (tertiary/aromatic N) is 3. The standard InChI is InChI=1S/C20H18N3O.HI/c1-22-14-12-15(16-8-3-4-9-17(16)22)7-5-11-19-21-20-18(24-19)10-6-13-23(20)2;/h3-14H,1-2H3;1H/q+1;/p-1. The molecule has 0 spiro atoms. The Bertz CT molecular complexity index is 1000. The summed E-state index contributed by atoms with van der Waals surface area (Å²) in [7, 11) is 4.01. The number of rotatable bonds is 2. The van der Waals surface area contributed by atoms with Gasteiger partial charge in [0.2, 0.25) is 5.58 Å². The first kappa shape index (κ1) is 17.4. The highest BCUT2D eigenvalue weighted by molar-refractivity contribution is 5.87. The van der Waals surface area contributed by atoms with Crippen molar-refractivity contribution in [1.29, 1.82) is 0 Å². The average molecular weight is 443 g/mol. The summed E-state index contributed by atoms with van der Waals surface area (Å²) in [6, 6.07) is 12.2. The number of oxazole rings is 1. The number of fused-ring (bicyclic) bond motifs is 2. The molecule has 3 heterocycles. The van der Waals surface area contributed by atoms with Crippen LogP contribution in [-0.4, -0.2) is 12.0 Å². The molecule has 4 nitrogen and oxygen atoms in total. The molecule has 0 unspecified atom stereocenters. The van der Waals surface area contributed by atoms with Gasteiger partial charge < -0.3 is 33.3 Å². The van der Waals surface area contributed by atoms with E-state index in [1.165, 1.54) is 16.8 Å². The predicted molar refractivity (Wildman–Crippen MR) is 96.2 cm³/mol. The Morgan fingerprint density at radius 3 is 2.84 bits per heavy atom. The third-order valence-corrected chi connectivity index (χ3v) is 4.13. The fourth-order valence-corrected chi connectivity index (χ4v) is 2.87. The van der Waals surface area contributed by atoms with E-state index in [1.54, 1.807) is 0 Å². The Balaban J connectivity index is 0.00000182.